The molecule has 0 radical (unpaired) electrons. The molecule has 0 aliphatic rings. The molecule has 0 aliphatic carbocycles. The lowest BCUT2D eigenvalue weighted by molar-refractivity contribution is -0.636. The van der Waals surface area contributed by atoms with E-state index in [1.807, 2.05) is 42.6 Å². The summed E-state index contributed by atoms with van der Waals surface area (Å²) in [6, 6.07) is 24.6. The van der Waals surface area contributed by atoms with Gasteiger partial charge in [0.2, 0.25) is 5.69 Å². The molecule has 0 spiro atoms. The highest BCUT2D eigenvalue weighted by molar-refractivity contribution is 8.15. The summed E-state index contributed by atoms with van der Waals surface area (Å²) >= 11 is 3.56. The molecule has 0 amide bonds. The maximum atomic E-state index is 9.67. The van der Waals surface area contributed by atoms with Gasteiger partial charge in [-0.2, -0.15) is 4.57 Å². The first-order valence-corrected chi connectivity index (χ1v) is 9.36. The normalized spacial score (nSPS) is 10.2. The van der Waals surface area contributed by atoms with Crippen molar-refractivity contribution in [3.8, 4) is 5.69 Å². The average Bonchev–Trinajstić information content (AvgIpc) is 2.63. The van der Waals surface area contributed by atoms with Crippen molar-refractivity contribution >= 4 is 23.5 Å². The Labute approximate surface area is 161 Å². The molecule has 0 unspecified atom stereocenters. The van der Waals surface area contributed by atoms with Gasteiger partial charge in [0.1, 0.15) is 0 Å². The van der Waals surface area contributed by atoms with Crippen molar-refractivity contribution in [3.05, 3.63) is 84.6 Å². The standard InChI is InChI=1S/C19H18NOS2.BrH/c21-14-16-8-7-13-20(17-9-3-1-4-10-17)19(16)23-15-22-18-11-5-2-6-12-18;/h1-13,21H,14-15H2;1H/q+1;/p-1. The number of para-hydroxylation sites is 1. The second-order valence-electron chi connectivity index (χ2n) is 4.92. The SMILES string of the molecule is OCc1ccc[n+](-c2ccccc2)c1SCSc1ccccc1.[Br-]. The minimum absolute atomic E-state index is 0. The number of aliphatic hydroxyl groups is 1. The number of hydrogen-bond donors (Lipinski definition) is 1. The fourth-order valence-corrected chi connectivity index (χ4v) is 4.48. The van der Waals surface area contributed by atoms with E-state index in [0.29, 0.717) is 0 Å². The molecule has 1 heterocycles. The summed E-state index contributed by atoms with van der Waals surface area (Å²) in [5, 5.41) is 11.7. The number of aliphatic hydroxyl groups excluding tert-OH is 1. The molecule has 0 fully saturated rings. The molecule has 1 aromatic heterocycles. The van der Waals surface area contributed by atoms with Gasteiger partial charge in [-0.1, -0.05) is 36.4 Å². The number of rotatable bonds is 6. The predicted octanol–water partition coefficient (Wildman–Crippen LogP) is 1.30. The van der Waals surface area contributed by atoms with Crippen LogP contribution in [-0.4, -0.2) is 10.2 Å². The number of thioether (sulfide) groups is 2. The Morgan fingerprint density at radius 3 is 2.12 bits per heavy atom. The van der Waals surface area contributed by atoms with Crippen molar-refractivity contribution in [2.45, 2.75) is 16.5 Å². The zero-order valence-corrected chi connectivity index (χ0v) is 16.2. The fraction of sp³-hybridized carbons (Fsp3) is 0.105. The summed E-state index contributed by atoms with van der Waals surface area (Å²) in [6.45, 7) is 0.0476. The number of halogens is 1. The molecule has 1 N–H and O–H groups in total. The van der Waals surface area contributed by atoms with E-state index in [4.69, 9.17) is 0 Å². The third kappa shape index (κ3) is 4.86. The third-order valence-electron chi connectivity index (χ3n) is 3.40. The highest BCUT2D eigenvalue weighted by Gasteiger charge is 2.18. The molecule has 2 nitrogen and oxygen atoms in total. The Kier molecular flexibility index (Phi) is 7.85. The summed E-state index contributed by atoms with van der Waals surface area (Å²) in [4.78, 5) is 1.26. The molecule has 0 aliphatic heterocycles. The second-order valence-corrected chi connectivity index (χ2v) is 7.30. The molecule has 0 saturated heterocycles. The van der Waals surface area contributed by atoms with Crippen LogP contribution in [0, 0.1) is 0 Å². The van der Waals surface area contributed by atoms with Crippen LogP contribution in [0.4, 0.5) is 0 Å². The molecular weight excluding hydrogens is 402 g/mol. The van der Waals surface area contributed by atoms with Crippen LogP contribution in [0.15, 0.2) is 88.9 Å². The monoisotopic (exact) mass is 419 g/mol. The Balaban J connectivity index is 0.00000208. The third-order valence-corrected chi connectivity index (χ3v) is 5.68. The molecule has 24 heavy (non-hydrogen) atoms. The molecule has 0 bridgehead atoms. The Morgan fingerprint density at radius 2 is 1.46 bits per heavy atom. The largest absolute Gasteiger partial charge is 1.00 e. The Morgan fingerprint density at radius 1 is 0.792 bits per heavy atom. The maximum absolute atomic E-state index is 9.67. The van der Waals surface area contributed by atoms with Crippen LogP contribution in [-0.2, 0) is 6.61 Å². The molecular formula is C19H18BrNOS2. The molecule has 2 aromatic carbocycles. The lowest BCUT2D eigenvalue weighted by Gasteiger charge is -2.07. The summed E-state index contributed by atoms with van der Waals surface area (Å²) in [6.07, 6.45) is 2.05. The first-order chi connectivity index (χ1) is 11.4. The van der Waals surface area contributed by atoms with Crippen molar-refractivity contribution in [1.29, 1.82) is 0 Å². The number of pyridine rings is 1. The molecule has 3 rings (SSSR count). The van der Waals surface area contributed by atoms with Gasteiger partial charge in [-0.15, -0.1) is 11.8 Å². The molecule has 0 saturated carbocycles. The van der Waals surface area contributed by atoms with E-state index >= 15 is 0 Å². The van der Waals surface area contributed by atoms with Crippen LogP contribution in [0.25, 0.3) is 5.69 Å². The van der Waals surface area contributed by atoms with E-state index in [0.717, 1.165) is 21.4 Å². The van der Waals surface area contributed by atoms with Crippen LogP contribution in [0.5, 0.6) is 0 Å². The summed E-state index contributed by atoms with van der Waals surface area (Å²) in [7, 11) is 0. The van der Waals surface area contributed by atoms with Gasteiger partial charge in [0.05, 0.1) is 17.3 Å². The van der Waals surface area contributed by atoms with Crippen molar-refractivity contribution in [1.82, 2.24) is 0 Å². The number of hydrogen-bond acceptors (Lipinski definition) is 3. The van der Waals surface area contributed by atoms with Crippen molar-refractivity contribution in [3.63, 3.8) is 0 Å². The zero-order chi connectivity index (χ0) is 15.9. The van der Waals surface area contributed by atoms with E-state index in [1.165, 1.54) is 4.90 Å². The fourth-order valence-electron chi connectivity index (χ4n) is 2.28. The molecule has 3 aromatic rings. The van der Waals surface area contributed by atoms with Gasteiger partial charge < -0.3 is 22.1 Å². The number of benzene rings is 2. The quantitative estimate of drug-likeness (QED) is 0.370. The van der Waals surface area contributed by atoms with Gasteiger partial charge in [-0.25, -0.2) is 0 Å². The van der Waals surface area contributed by atoms with Crippen LogP contribution in [0.1, 0.15) is 5.56 Å². The first kappa shape index (κ1) is 19.1. The van der Waals surface area contributed by atoms with Gasteiger partial charge in [-0.3, -0.25) is 0 Å². The maximum Gasteiger partial charge on any atom is 0.252 e. The summed E-state index contributed by atoms with van der Waals surface area (Å²) in [5.74, 6) is 0. The van der Waals surface area contributed by atoms with E-state index in [2.05, 4.69) is 41.0 Å². The van der Waals surface area contributed by atoms with Crippen LogP contribution < -0.4 is 21.5 Å². The number of nitrogens with zero attached hydrogens (tertiary/aromatic N) is 1. The Bertz CT molecular complexity index is 754. The second kappa shape index (κ2) is 9.89. The van der Waals surface area contributed by atoms with E-state index in [9.17, 15) is 5.11 Å². The van der Waals surface area contributed by atoms with Crippen molar-refractivity contribution in [2.24, 2.45) is 0 Å². The predicted molar refractivity (Wildman–Crippen MR) is 96.9 cm³/mol. The first-order valence-electron chi connectivity index (χ1n) is 7.39. The summed E-state index contributed by atoms with van der Waals surface area (Å²) in [5.41, 5.74) is 2.06. The highest BCUT2D eigenvalue weighted by Crippen LogP contribution is 2.28. The Hall–Kier alpha value is -1.27. The average molecular weight is 420 g/mol. The lowest BCUT2D eigenvalue weighted by Crippen LogP contribution is -3.00. The van der Waals surface area contributed by atoms with Crippen LogP contribution in [0.2, 0.25) is 0 Å². The van der Waals surface area contributed by atoms with Gasteiger partial charge in [-0.05, 0) is 30.0 Å². The van der Waals surface area contributed by atoms with Gasteiger partial charge in [0.25, 0.3) is 5.03 Å². The van der Waals surface area contributed by atoms with Crippen LogP contribution in [0.3, 0.4) is 0 Å². The topological polar surface area (TPSA) is 24.1 Å². The smallest absolute Gasteiger partial charge is 0.252 e. The molecule has 124 valence electrons. The van der Waals surface area contributed by atoms with Gasteiger partial charge in [0, 0.05) is 23.1 Å². The van der Waals surface area contributed by atoms with Crippen molar-refractivity contribution < 1.29 is 26.7 Å². The van der Waals surface area contributed by atoms with E-state index < -0.39 is 0 Å². The molecule has 0 atom stereocenters. The number of aromatic nitrogens is 1. The minimum atomic E-state index is 0. The highest BCUT2D eigenvalue weighted by atomic mass is 79.9. The van der Waals surface area contributed by atoms with Crippen LogP contribution >= 0.6 is 23.5 Å². The minimum Gasteiger partial charge on any atom is -1.00 e. The van der Waals surface area contributed by atoms with Gasteiger partial charge in [0.15, 0.2) is 6.20 Å². The van der Waals surface area contributed by atoms with E-state index in [-0.39, 0.29) is 23.6 Å². The van der Waals surface area contributed by atoms with Gasteiger partial charge >= 0.3 is 0 Å². The van der Waals surface area contributed by atoms with E-state index in [1.54, 1.807) is 23.5 Å². The lowest BCUT2D eigenvalue weighted by atomic mass is 10.2. The summed E-state index contributed by atoms with van der Waals surface area (Å²) < 4.78 is 2.14. The zero-order valence-electron chi connectivity index (χ0n) is 13.0. The van der Waals surface area contributed by atoms with Crippen molar-refractivity contribution in [2.75, 3.05) is 5.08 Å². The molecule has 5 heteroatoms.